The minimum absolute atomic E-state index is 0.693. The average molecular weight is 112 g/mol. The molecule has 0 fully saturated rings. The van der Waals surface area contributed by atoms with Crippen molar-refractivity contribution in [3.8, 4) is 0 Å². The summed E-state index contributed by atoms with van der Waals surface area (Å²) in [4.78, 5) is 3.92. The monoisotopic (exact) mass is 112 g/mol. The van der Waals surface area contributed by atoms with Gasteiger partial charge in [0.25, 0.3) is 0 Å². The van der Waals surface area contributed by atoms with Crippen LogP contribution in [-0.2, 0) is 0 Å². The predicted molar refractivity (Wildman–Crippen MR) is 32.7 cm³/mol. The smallest absolute Gasteiger partial charge is 0.125 e. The third kappa shape index (κ3) is 1.04. The molecule has 1 N–H and O–H groups in total. The minimum atomic E-state index is 0.693. The molecule has 0 amide bonds. The maximum Gasteiger partial charge on any atom is 0.125 e. The zero-order chi connectivity index (χ0) is 5.82. The SMILES string of the molecule is CNN1C=NCC=N1. The Kier molecular flexibility index (Phi) is 1.58. The second-order valence-electron chi connectivity index (χ2n) is 1.35. The molecule has 0 atom stereocenters. The van der Waals surface area contributed by atoms with Crippen LogP contribution in [0.3, 0.4) is 0 Å². The largest absolute Gasteiger partial charge is 0.266 e. The highest BCUT2D eigenvalue weighted by atomic mass is 15.7. The number of nitrogens with one attached hydrogen (secondary N) is 1. The lowest BCUT2D eigenvalue weighted by Gasteiger charge is -2.11. The van der Waals surface area contributed by atoms with E-state index in [-0.39, 0.29) is 0 Å². The highest BCUT2D eigenvalue weighted by molar-refractivity contribution is 5.68. The van der Waals surface area contributed by atoms with Gasteiger partial charge in [-0.3, -0.25) is 4.99 Å². The summed E-state index contributed by atoms with van der Waals surface area (Å²) in [6.07, 6.45) is 3.37. The second-order valence-corrected chi connectivity index (χ2v) is 1.35. The molecule has 1 rings (SSSR count). The van der Waals surface area contributed by atoms with Crippen molar-refractivity contribution in [3.05, 3.63) is 0 Å². The molecule has 4 nitrogen and oxygen atoms in total. The van der Waals surface area contributed by atoms with Gasteiger partial charge >= 0.3 is 0 Å². The van der Waals surface area contributed by atoms with Gasteiger partial charge in [-0.2, -0.15) is 10.2 Å². The van der Waals surface area contributed by atoms with Gasteiger partial charge < -0.3 is 0 Å². The summed E-state index contributed by atoms with van der Waals surface area (Å²) in [5.41, 5.74) is 2.79. The van der Waals surface area contributed by atoms with Crippen molar-refractivity contribution in [2.24, 2.45) is 10.1 Å². The van der Waals surface area contributed by atoms with Crippen molar-refractivity contribution < 1.29 is 0 Å². The number of hydrogen-bond donors (Lipinski definition) is 1. The van der Waals surface area contributed by atoms with E-state index in [2.05, 4.69) is 15.5 Å². The van der Waals surface area contributed by atoms with Gasteiger partial charge in [0.05, 0.1) is 6.54 Å². The van der Waals surface area contributed by atoms with Crippen LogP contribution in [0.25, 0.3) is 0 Å². The summed E-state index contributed by atoms with van der Waals surface area (Å²) >= 11 is 0. The molecule has 1 aliphatic rings. The molecule has 0 aromatic rings. The maximum absolute atomic E-state index is 3.92. The number of hydrazone groups is 1. The molecule has 0 aromatic heterocycles. The second kappa shape index (κ2) is 2.42. The summed E-state index contributed by atoms with van der Waals surface area (Å²) < 4.78 is 0. The van der Waals surface area contributed by atoms with E-state index in [9.17, 15) is 0 Å². The molecule has 0 saturated carbocycles. The fourth-order valence-corrected chi connectivity index (χ4v) is 0.441. The lowest BCUT2D eigenvalue weighted by molar-refractivity contribution is 0.366. The Morgan fingerprint density at radius 1 is 1.75 bits per heavy atom. The molecule has 8 heavy (non-hydrogen) atoms. The highest BCUT2D eigenvalue weighted by Gasteiger charge is 1.91. The summed E-state index contributed by atoms with van der Waals surface area (Å²) in [5, 5.41) is 5.44. The zero-order valence-electron chi connectivity index (χ0n) is 4.70. The number of hydrazine groups is 1. The summed E-state index contributed by atoms with van der Waals surface area (Å²) in [5.74, 6) is 0. The Labute approximate surface area is 47.9 Å². The number of rotatable bonds is 1. The molecule has 0 spiro atoms. The Morgan fingerprint density at radius 2 is 2.62 bits per heavy atom. The quantitative estimate of drug-likeness (QED) is 0.494. The standard InChI is InChI=1S/C4H8N4/c1-5-8-4-6-2-3-7-8/h3-5H,2H2,1H3. The fraction of sp³-hybridized carbons (Fsp3) is 0.500. The van der Waals surface area contributed by atoms with Crippen LogP contribution < -0.4 is 5.43 Å². The van der Waals surface area contributed by atoms with Crippen molar-refractivity contribution in [3.63, 3.8) is 0 Å². The van der Waals surface area contributed by atoms with Crippen molar-refractivity contribution in [2.45, 2.75) is 0 Å². The predicted octanol–water partition coefficient (Wildman–Crippen LogP) is -0.550. The van der Waals surface area contributed by atoms with Crippen molar-refractivity contribution in [1.29, 1.82) is 0 Å². The fourth-order valence-electron chi connectivity index (χ4n) is 0.441. The van der Waals surface area contributed by atoms with Crippen molar-refractivity contribution in [1.82, 2.24) is 10.5 Å². The van der Waals surface area contributed by atoms with E-state index in [0.29, 0.717) is 6.54 Å². The van der Waals surface area contributed by atoms with E-state index in [1.54, 1.807) is 24.7 Å². The number of nitrogens with zero attached hydrogens (tertiary/aromatic N) is 3. The Bertz CT molecular complexity index is 105. The van der Waals surface area contributed by atoms with Gasteiger partial charge in [-0.15, -0.1) is 0 Å². The first-order valence-corrected chi connectivity index (χ1v) is 2.42. The van der Waals surface area contributed by atoms with Gasteiger partial charge in [-0.25, -0.2) is 5.43 Å². The molecule has 44 valence electrons. The van der Waals surface area contributed by atoms with Gasteiger partial charge in [0.1, 0.15) is 6.34 Å². The van der Waals surface area contributed by atoms with Crippen LogP contribution in [0.2, 0.25) is 0 Å². The topological polar surface area (TPSA) is 40.0 Å². The molecule has 1 heterocycles. The van der Waals surface area contributed by atoms with Crippen LogP contribution in [0, 0.1) is 0 Å². The summed E-state index contributed by atoms with van der Waals surface area (Å²) in [6.45, 7) is 0.693. The first kappa shape index (κ1) is 5.24. The number of hydrogen-bond acceptors (Lipinski definition) is 4. The molecular weight excluding hydrogens is 104 g/mol. The van der Waals surface area contributed by atoms with Crippen molar-refractivity contribution >= 4 is 12.6 Å². The average Bonchev–Trinajstić information content (AvgIpc) is 1.90. The third-order valence-corrected chi connectivity index (χ3v) is 0.813. The third-order valence-electron chi connectivity index (χ3n) is 0.813. The molecule has 0 radical (unpaired) electrons. The van der Waals surface area contributed by atoms with Gasteiger partial charge in [0.2, 0.25) is 0 Å². The lowest BCUT2D eigenvalue weighted by Crippen LogP contribution is -2.30. The first-order valence-electron chi connectivity index (χ1n) is 2.42. The zero-order valence-corrected chi connectivity index (χ0v) is 4.70. The Hall–Kier alpha value is -0.900. The molecule has 4 heteroatoms. The van der Waals surface area contributed by atoms with Crippen LogP contribution in [0.1, 0.15) is 0 Å². The summed E-state index contributed by atoms with van der Waals surface area (Å²) in [6, 6.07) is 0. The van der Waals surface area contributed by atoms with E-state index < -0.39 is 0 Å². The van der Waals surface area contributed by atoms with Crippen LogP contribution in [0.4, 0.5) is 0 Å². The van der Waals surface area contributed by atoms with Gasteiger partial charge in [-0.05, 0) is 0 Å². The van der Waals surface area contributed by atoms with Gasteiger partial charge in [-0.1, -0.05) is 0 Å². The van der Waals surface area contributed by atoms with Crippen LogP contribution >= 0.6 is 0 Å². The molecule has 0 saturated heterocycles. The molecule has 0 aromatic carbocycles. The Balaban J connectivity index is 2.42. The maximum atomic E-state index is 3.92. The first-order chi connectivity index (χ1) is 3.93. The Morgan fingerprint density at radius 3 is 3.00 bits per heavy atom. The lowest BCUT2D eigenvalue weighted by atomic mass is 10.7. The van der Waals surface area contributed by atoms with E-state index in [1.807, 2.05) is 0 Å². The normalized spacial score (nSPS) is 17.4. The van der Waals surface area contributed by atoms with E-state index in [4.69, 9.17) is 0 Å². The van der Waals surface area contributed by atoms with E-state index in [1.165, 1.54) is 0 Å². The molecule has 1 aliphatic heterocycles. The molecule has 0 unspecified atom stereocenters. The minimum Gasteiger partial charge on any atom is -0.266 e. The van der Waals surface area contributed by atoms with Crippen LogP contribution in [0.5, 0.6) is 0 Å². The van der Waals surface area contributed by atoms with Gasteiger partial charge in [0.15, 0.2) is 0 Å². The highest BCUT2D eigenvalue weighted by Crippen LogP contribution is 1.81. The molecule has 0 bridgehead atoms. The van der Waals surface area contributed by atoms with Crippen molar-refractivity contribution in [2.75, 3.05) is 13.6 Å². The number of aliphatic imine (C=N–C) groups is 1. The van der Waals surface area contributed by atoms with E-state index >= 15 is 0 Å². The molecule has 0 aliphatic carbocycles. The molecular formula is C4H8N4. The van der Waals surface area contributed by atoms with Crippen LogP contribution in [-0.4, -0.2) is 31.3 Å². The summed E-state index contributed by atoms with van der Waals surface area (Å²) in [7, 11) is 1.79. The van der Waals surface area contributed by atoms with E-state index in [0.717, 1.165) is 0 Å². The van der Waals surface area contributed by atoms with Crippen LogP contribution in [0.15, 0.2) is 10.1 Å². The van der Waals surface area contributed by atoms with Gasteiger partial charge in [0, 0.05) is 13.3 Å².